The van der Waals surface area contributed by atoms with Crippen molar-refractivity contribution in [3.63, 3.8) is 0 Å². The lowest BCUT2D eigenvalue weighted by molar-refractivity contribution is -0.121. The van der Waals surface area contributed by atoms with Crippen LogP contribution in [-0.4, -0.2) is 31.7 Å². The first-order valence-corrected chi connectivity index (χ1v) is 10.8. The molecule has 2 rings (SSSR count). The molecule has 0 spiro atoms. The van der Waals surface area contributed by atoms with Gasteiger partial charge < -0.3 is 5.32 Å². The van der Waals surface area contributed by atoms with Crippen LogP contribution in [0.2, 0.25) is 0 Å². The van der Waals surface area contributed by atoms with E-state index in [9.17, 15) is 13.2 Å². The topological polar surface area (TPSA) is 66.5 Å². The predicted molar refractivity (Wildman–Crippen MR) is 112 cm³/mol. The van der Waals surface area contributed by atoms with Crippen molar-refractivity contribution in [3.05, 3.63) is 65.2 Å². The molecular formula is C22H30N2O3S. The third kappa shape index (κ3) is 6.17. The fourth-order valence-corrected chi connectivity index (χ4v) is 4.41. The highest BCUT2D eigenvalue weighted by molar-refractivity contribution is 7.89. The second-order valence-electron chi connectivity index (χ2n) is 8.37. The Morgan fingerprint density at radius 2 is 1.68 bits per heavy atom. The van der Waals surface area contributed by atoms with Crippen molar-refractivity contribution in [3.8, 4) is 0 Å². The van der Waals surface area contributed by atoms with E-state index in [1.807, 2.05) is 64.1 Å². The van der Waals surface area contributed by atoms with Gasteiger partial charge >= 0.3 is 0 Å². The number of nitrogens with one attached hydrogen (secondary N) is 1. The average molecular weight is 403 g/mol. The number of nitrogens with zero attached hydrogens (tertiary/aromatic N) is 1. The summed E-state index contributed by atoms with van der Waals surface area (Å²) in [5.74, 6) is -0.306. The summed E-state index contributed by atoms with van der Waals surface area (Å²) >= 11 is 0. The number of amides is 1. The summed E-state index contributed by atoms with van der Waals surface area (Å²) in [6.07, 6.45) is 0. The third-order valence-corrected chi connectivity index (χ3v) is 6.23. The third-order valence-electron chi connectivity index (χ3n) is 4.30. The second-order valence-corrected chi connectivity index (χ2v) is 10.3. The average Bonchev–Trinajstić information content (AvgIpc) is 2.61. The number of sulfonamides is 1. The van der Waals surface area contributed by atoms with Crippen molar-refractivity contribution in [2.45, 2.75) is 46.1 Å². The number of carbonyl (C=O) groups is 1. The Labute approximate surface area is 168 Å². The van der Waals surface area contributed by atoms with Crippen molar-refractivity contribution in [1.29, 1.82) is 0 Å². The van der Waals surface area contributed by atoms with Gasteiger partial charge in [-0.15, -0.1) is 0 Å². The maximum atomic E-state index is 13.4. The molecule has 0 atom stereocenters. The minimum atomic E-state index is -3.83. The minimum Gasteiger partial charge on any atom is -0.354 e. The first kappa shape index (κ1) is 22.1. The highest BCUT2D eigenvalue weighted by Crippen LogP contribution is 2.23. The molecule has 6 heteroatoms. The zero-order chi connectivity index (χ0) is 20.9. The summed E-state index contributed by atoms with van der Waals surface area (Å²) in [5.41, 5.74) is 2.28. The van der Waals surface area contributed by atoms with E-state index in [1.54, 1.807) is 19.1 Å². The predicted octanol–water partition coefficient (Wildman–Crippen LogP) is 3.66. The Balaban J connectivity index is 2.34. The molecule has 0 saturated carbocycles. The lowest BCUT2D eigenvalue weighted by Crippen LogP contribution is -2.42. The van der Waals surface area contributed by atoms with Gasteiger partial charge in [-0.05, 0) is 42.0 Å². The van der Waals surface area contributed by atoms with E-state index in [1.165, 1.54) is 4.31 Å². The van der Waals surface area contributed by atoms with Crippen LogP contribution < -0.4 is 5.32 Å². The molecule has 0 fully saturated rings. The number of aryl methyl sites for hydroxylation is 2. The Bertz CT molecular complexity index is 917. The van der Waals surface area contributed by atoms with Gasteiger partial charge in [-0.25, -0.2) is 8.42 Å². The molecule has 0 radical (unpaired) electrons. The van der Waals surface area contributed by atoms with Gasteiger partial charge in [-0.2, -0.15) is 4.31 Å². The lowest BCUT2D eigenvalue weighted by atomic mass is 9.97. The molecule has 28 heavy (non-hydrogen) atoms. The van der Waals surface area contributed by atoms with Gasteiger partial charge in [0.1, 0.15) is 0 Å². The monoisotopic (exact) mass is 402 g/mol. The van der Waals surface area contributed by atoms with Crippen molar-refractivity contribution < 1.29 is 13.2 Å². The van der Waals surface area contributed by atoms with Crippen LogP contribution in [0.5, 0.6) is 0 Å². The number of benzene rings is 2. The first-order valence-electron chi connectivity index (χ1n) is 9.37. The number of hydrogen-bond acceptors (Lipinski definition) is 3. The molecule has 0 aromatic heterocycles. The van der Waals surface area contributed by atoms with Crippen LogP contribution in [0.15, 0.2) is 53.4 Å². The fraction of sp³-hybridized carbons (Fsp3) is 0.409. The van der Waals surface area contributed by atoms with Crippen molar-refractivity contribution >= 4 is 15.9 Å². The molecule has 0 bridgehead atoms. The van der Waals surface area contributed by atoms with Gasteiger partial charge in [0.2, 0.25) is 15.9 Å². The van der Waals surface area contributed by atoms with E-state index in [2.05, 4.69) is 5.32 Å². The SMILES string of the molecule is Cc1ccc(C)c(S(=O)(=O)N(CC(=O)NCC(C)(C)C)Cc2ccccc2)c1. The van der Waals surface area contributed by atoms with Crippen LogP contribution in [-0.2, 0) is 21.4 Å². The second kappa shape index (κ2) is 8.88. The highest BCUT2D eigenvalue weighted by atomic mass is 32.2. The van der Waals surface area contributed by atoms with Gasteiger partial charge in [-0.3, -0.25) is 4.79 Å². The van der Waals surface area contributed by atoms with Crippen molar-refractivity contribution in [1.82, 2.24) is 9.62 Å². The molecule has 152 valence electrons. The Morgan fingerprint density at radius 1 is 1.04 bits per heavy atom. The molecule has 2 aromatic carbocycles. The molecule has 0 heterocycles. The standard InChI is InChI=1S/C22H30N2O3S/c1-17-11-12-18(2)20(13-17)28(26,27)24(14-19-9-7-6-8-10-19)15-21(25)23-16-22(3,4)5/h6-13H,14-16H2,1-5H3,(H,23,25). The van der Waals surface area contributed by atoms with Gasteiger partial charge in [0.25, 0.3) is 0 Å². The molecular weight excluding hydrogens is 372 g/mol. The molecule has 0 aliphatic carbocycles. The summed E-state index contributed by atoms with van der Waals surface area (Å²) in [7, 11) is -3.83. The van der Waals surface area contributed by atoms with Crippen LogP contribution in [0, 0.1) is 19.3 Å². The molecule has 1 N–H and O–H groups in total. The lowest BCUT2D eigenvalue weighted by Gasteiger charge is -2.24. The van der Waals surface area contributed by atoms with Gasteiger partial charge in [0, 0.05) is 13.1 Å². The molecule has 0 saturated heterocycles. The normalized spacial score (nSPS) is 12.2. The molecule has 0 unspecified atom stereocenters. The van der Waals surface area contributed by atoms with E-state index in [0.717, 1.165) is 11.1 Å². The maximum Gasteiger partial charge on any atom is 0.244 e. The number of hydrogen-bond donors (Lipinski definition) is 1. The van der Waals surface area contributed by atoms with Gasteiger partial charge in [-0.1, -0.05) is 63.2 Å². The molecule has 2 aromatic rings. The Morgan fingerprint density at radius 3 is 2.29 bits per heavy atom. The minimum absolute atomic E-state index is 0.0775. The van der Waals surface area contributed by atoms with Crippen LogP contribution in [0.3, 0.4) is 0 Å². The molecule has 5 nitrogen and oxygen atoms in total. The highest BCUT2D eigenvalue weighted by Gasteiger charge is 2.28. The van der Waals surface area contributed by atoms with Crippen LogP contribution >= 0.6 is 0 Å². The van der Waals surface area contributed by atoms with Crippen molar-refractivity contribution in [2.75, 3.05) is 13.1 Å². The fourth-order valence-electron chi connectivity index (χ4n) is 2.72. The number of rotatable bonds is 7. The van der Waals surface area contributed by atoms with E-state index < -0.39 is 10.0 Å². The van der Waals surface area contributed by atoms with Crippen LogP contribution in [0.1, 0.15) is 37.5 Å². The maximum absolute atomic E-state index is 13.4. The summed E-state index contributed by atoms with van der Waals surface area (Å²) < 4.78 is 28.0. The zero-order valence-electron chi connectivity index (χ0n) is 17.3. The Kier molecular flexibility index (Phi) is 7.01. The Hall–Kier alpha value is -2.18. The quantitative estimate of drug-likeness (QED) is 0.769. The largest absolute Gasteiger partial charge is 0.354 e. The van der Waals surface area contributed by atoms with E-state index in [0.29, 0.717) is 12.1 Å². The van der Waals surface area contributed by atoms with Crippen LogP contribution in [0.4, 0.5) is 0 Å². The van der Waals surface area contributed by atoms with Crippen molar-refractivity contribution in [2.24, 2.45) is 5.41 Å². The summed E-state index contributed by atoms with van der Waals surface area (Å²) in [5, 5.41) is 2.84. The smallest absolute Gasteiger partial charge is 0.244 e. The van der Waals surface area contributed by atoms with Gasteiger partial charge in [0.05, 0.1) is 11.4 Å². The molecule has 0 aliphatic heterocycles. The van der Waals surface area contributed by atoms with Crippen LogP contribution in [0.25, 0.3) is 0 Å². The first-order chi connectivity index (χ1) is 13.0. The summed E-state index contributed by atoms with van der Waals surface area (Å²) in [6.45, 7) is 10.1. The molecule has 0 aliphatic rings. The van der Waals surface area contributed by atoms with E-state index in [-0.39, 0.29) is 29.3 Å². The number of carbonyl (C=O) groups excluding carboxylic acids is 1. The van der Waals surface area contributed by atoms with E-state index >= 15 is 0 Å². The summed E-state index contributed by atoms with van der Waals surface area (Å²) in [4.78, 5) is 12.7. The van der Waals surface area contributed by atoms with E-state index in [4.69, 9.17) is 0 Å². The zero-order valence-corrected chi connectivity index (χ0v) is 18.1. The molecule has 1 amide bonds. The summed E-state index contributed by atoms with van der Waals surface area (Å²) in [6, 6.07) is 14.7. The van der Waals surface area contributed by atoms with Gasteiger partial charge in [0.15, 0.2) is 0 Å².